The normalized spacial score (nSPS) is 13.4. The largest absolute Gasteiger partial charge is 0.463 e. The van der Waals surface area contributed by atoms with Gasteiger partial charge in [0.1, 0.15) is 0 Å². The Kier molecular flexibility index (Phi) is 5.19. The van der Waals surface area contributed by atoms with Crippen LogP contribution in [0.3, 0.4) is 0 Å². The van der Waals surface area contributed by atoms with E-state index in [1.807, 2.05) is 0 Å². The highest BCUT2D eigenvalue weighted by atomic mass is 19.4. The van der Waals surface area contributed by atoms with Gasteiger partial charge in [-0.05, 0) is 12.8 Å². The van der Waals surface area contributed by atoms with E-state index >= 15 is 0 Å². The predicted octanol–water partition coefficient (Wildman–Crippen LogP) is 2.40. The van der Waals surface area contributed by atoms with Crippen molar-refractivity contribution in [1.29, 1.82) is 0 Å². The summed E-state index contributed by atoms with van der Waals surface area (Å²) < 4.78 is 51.4. The first-order valence-electron chi connectivity index (χ1n) is 3.88. The van der Waals surface area contributed by atoms with Gasteiger partial charge in [-0.3, -0.25) is 0 Å². The molecular formula is C8H10F4O2. The van der Waals surface area contributed by atoms with Gasteiger partial charge in [0.05, 0.1) is 6.61 Å². The second-order valence-corrected chi connectivity index (χ2v) is 2.52. The van der Waals surface area contributed by atoms with Crippen molar-refractivity contribution in [3.63, 3.8) is 0 Å². The fraction of sp³-hybridized carbons (Fsp3) is 0.625. The molecule has 0 saturated heterocycles. The van der Waals surface area contributed by atoms with Crippen molar-refractivity contribution in [2.75, 3.05) is 6.61 Å². The molecule has 6 heteroatoms. The Bertz CT molecular complexity index is 200. The lowest BCUT2D eigenvalue weighted by atomic mass is 10.2. The molecule has 0 spiro atoms. The van der Waals surface area contributed by atoms with Gasteiger partial charge in [0.25, 0.3) is 0 Å². The maximum atomic E-state index is 12.2. The van der Waals surface area contributed by atoms with Crippen LogP contribution in [0.2, 0.25) is 0 Å². The van der Waals surface area contributed by atoms with Gasteiger partial charge in [-0.2, -0.15) is 13.2 Å². The van der Waals surface area contributed by atoms with Crippen LogP contribution >= 0.6 is 0 Å². The Labute approximate surface area is 78.5 Å². The summed E-state index contributed by atoms with van der Waals surface area (Å²) in [6.07, 6.45) is -7.67. The molecule has 1 atom stereocenters. The van der Waals surface area contributed by atoms with Crippen molar-refractivity contribution in [2.45, 2.75) is 25.2 Å². The van der Waals surface area contributed by atoms with Gasteiger partial charge in [0, 0.05) is 6.08 Å². The molecule has 1 unspecified atom stereocenters. The number of halogens is 4. The number of ether oxygens (including phenoxy) is 1. The van der Waals surface area contributed by atoms with E-state index in [-0.39, 0.29) is 13.0 Å². The zero-order valence-corrected chi connectivity index (χ0v) is 7.31. The van der Waals surface area contributed by atoms with Gasteiger partial charge in [-0.15, -0.1) is 0 Å². The van der Waals surface area contributed by atoms with Gasteiger partial charge in [-0.1, -0.05) is 6.58 Å². The Morgan fingerprint density at radius 3 is 2.50 bits per heavy atom. The van der Waals surface area contributed by atoms with E-state index in [0.717, 1.165) is 6.08 Å². The molecule has 0 radical (unpaired) electrons. The first kappa shape index (κ1) is 12.9. The van der Waals surface area contributed by atoms with Gasteiger partial charge >= 0.3 is 12.1 Å². The maximum Gasteiger partial charge on any atom is 0.419 e. The minimum Gasteiger partial charge on any atom is -0.463 e. The molecule has 82 valence electrons. The van der Waals surface area contributed by atoms with E-state index in [2.05, 4.69) is 11.3 Å². The van der Waals surface area contributed by atoms with Crippen LogP contribution in [0.25, 0.3) is 0 Å². The summed E-state index contributed by atoms with van der Waals surface area (Å²) in [5.41, 5.74) is 0. The van der Waals surface area contributed by atoms with E-state index in [9.17, 15) is 22.4 Å². The van der Waals surface area contributed by atoms with Crippen LogP contribution in [-0.4, -0.2) is 24.9 Å². The number of esters is 1. The molecule has 14 heavy (non-hydrogen) atoms. The Morgan fingerprint density at radius 1 is 1.50 bits per heavy atom. The number of alkyl halides is 4. The monoisotopic (exact) mass is 214 g/mol. The zero-order valence-electron chi connectivity index (χ0n) is 7.31. The van der Waals surface area contributed by atoms with Crippen LogP contribution in [0.1, 0.15) is 12.8 Å². The molecule has 0 aromatic carbocycles. The quantitative estimate of drug-likeness (QED) is 0.304. The van der Waals surface area contributed by atoms with E-state index in [1.54, 1.807) is 0 Å². The number of carbonyl (C=O) groups excluding carboxylic acids is 1. The van der Waals surface area contributed by atoms with Crippen LogP contribution in [0.15, 0.2) is 12.7 Å². The predicted molar refractivity (Wildman–Crippen MR) is 41.3 cm³/mol. The van der Waals surface area contributed by atoms with E-state index < -0.39 is 24.7 Å². The fourth-order valence-corrected chi connectivity index (χ4v) is 0.658. The van der Waals surface area contributed by atoms with Crippen molar-refractivity contribution >= 4 is 5.97 Å². The molecule has 0 rings (SSSR count). The Balaban J connectivity index is 3.55. The molecular weight excluding hydrogens is 204 g/mol. The molecule has 0 aliphatic carbocycles. The first-order chi connectivity index (χ1) is 6.38. The van der Waals surface area contributed by atoms with Gasteiger partial charge < -0.3 is 4.74 Å². The van der Waals surface area contributed by atoms with Crippen LogP contribution < -0.4 is 0 Å². The summed E-state index contributed by atoms with van der Waals surface area (Å²) in [7, 11) is 0. The number of hydrogen-bond donors (Lipinski definition) is 0. The van der Waals surface area contributed by atoms with Crippen LogP contribution in [0.5, 0.6) is 0 Å². The molecule has 0 bridgehead atoms. The third-order valence-corrected chi connectivity index (χ3v) is 1.37. The molecule has 0 fully saturated rings. The molecule has 2 nitrogen and oxygen atoms in total. The average Bonchev–Trinajstić information content (AvgIpc) is 2.09. The minimum atomic E-state index is -4.83. The summed E-state index contributed by atoms with van der Waals surface area (Å²) in [5, 5.41) is 0. The number of hydrogen-bond acceptors (Lipinski definition) is 2. The Hall–Kier alpha value is -1.07. The lowest BCUT2D eigenvalue weighted by Crippen LogP contribution is -2.24. The fourth-order valence-electron chi connectivity index (χ4n) is 0.658. The van der Waals surface area contributed by atoms with E-state index in [4.69, 9.17) is 0 Å². The average molecular weight is 214 g/mol. The second kappa shape index (κ2) is 5.62. The van der Waals surface area contributed by atoms with Crippen LogP contribution in [-0.2, 0) is 9.53 Å². The highest BCUT2D eigenvalue weighted by molar-refractivity contribution is 5.81. The zero-order chi connectivity index (χ0) is 11.2. The summed E-state index contributed by atoms with van der Waals surface area (Å²) in [4.78, 5) is 10.4. The van der Waals surface area contributed by atoms with E-state index in [0.29, 0.717) is 0 Å². The van der Waals surface area contributed by atoms with Crippen molar-refractivity contribution in [1.82, 2.24) is 0 Å². The summed E-state index contributed by atoms with van der Waals surface area (Å²) >= 11 is 0. The van der Waals surface area contributed by atoms with Crippen molar-refractivity contribution in [3.8, 4) is 0 Å². The lowest BCUT2D eigenvalue weighted by molar-refractivity contribution is -0.182. The molecule has 0 aliphatic heterocycles. The standard InChI is InChI=1S/C8H10F4O2/c1-2-7(13)14-5-3-4-6(9)8(10,11)12/h2,6H,1,3-5H2. The number of rotatable bonds is 5. The van der Waals surface area contributed by atoms with Crippen molar-refractivity contribution in [2.24, 2.45) is 0 Å². The molecule has 0 aromatic heterocycles. The highest BCUT2D eigenvalue weighted by Crippen LogP contribution is 2.25. The third kappa shape index (κ3) is 5.55. The van der Waals surface area contributed by atoms with Crippen LogP contribution in [0, 0.1) is 0 Å². The number of carbonyl (C=O) groups is 1. The smallest absolute Gasteiger partial charge is 0.419 e. The summed E-state index contributed by atoms with van der Waals surface area (Å²) in [5.74, 6) is -0.729. The molecule has 0 aliphatic rings. The SMILES string of the molecule is C=CC(=O)OCCCC(F)C(F)(F)F. The van der Waals surface area contributed by atoms with Gasteiger partial charge in [0.2, 0.25) is 0 Å². The van der Waals surface area contributed by atoms with Gasteiger partial charge in [0.15, 0.2) is 6.17 Å². The lowest BCUT2D eigenvalue weighted by Gasteiger charge is -2.11. The van der Waals surface area contributed by atoms with Gasteiger partial charge in [-0.25, -0.2) is 9.18 Å². The Morgan fingerprint density at radius 2 is 2.07 bits per heavy atom. The minimum absolute atomic E-state index is 0.166. The third-order valence-electron chi connectivity index (χ3n) is 1.37. The maximum absolute atomic E-state index is 12.2. The molecule has 0 amide bonds. The van der Waals surface area contributed by atoms with Crippen molar-refractivity contribution in [3.05, 3.63) is 12.7 Å². The highest BCUT2D eigenvalue weighted by Gasteiger charge is 2.39. The molecule has 0 aromatic rings. The summed E-state index contributed by atoms with van der Waals surface area (Å²) in [6, 6.07) is 0. The second-order valence-electron chi connectivity index (χ2n) is 2.52. The topological polar surface area (TPSA) is 26.3 Å². The molecule has 0 heterocycles. The van der Waals surface area contributed by atoms with Crippen molar-refractivity contribution < 1.29 is 27.1 Å². The first-order valence-corrected chi connectivity index (χ1v) is 3.88. The summed E-state index contributed by atoms with van der Waals surface area (Å²) in [6.45, 7) is 2.85. The molecule has 0 saturated carbocycles. The molecule has 0 N–H and O–H groups in total. The van der Waals surface area contributed by atoms with Crippen LogP contribution in [0.4, 0.5) is 17.6 Å². The van der Waals surface area contributed by atoms with E-state index in [1.165, 1.54) is 0 Å².